The molecule has 0 bridgehead atoms. The van der Waals surface area contributed by atoms with Gasteiger partial charge < -0.3 is 15.0 Å². The van der Waals surface area contributed by atoms with E-state index in [2.05, 4.69) is 29.0 Å². The highest BCUT2D eigenvalue weighted by Gasteiger charge is 2.20. The van der Waals surface area contributed by atoms with Gasteiger partial charge in [0.2, 0.25) is 0 Å². The molecule has 2 rings (SSSR count). The van der Waals surface area contributed by atoms with Gasteiger partial charge in [0.1, 0.15) is 5.82 Å². The van der Waals surface area contributed by atoms with Crippen molar-refractivity contribution in [3.8, 4) is 0 Å². The fourth-order valence-corrected chi connectivity index (χ4v) is 1.98. The topological polar surface area (TPSA) is 50.3 Å². The van der Waals surface area contributed by atoms with E-state index < -0.39 is 0 Å². The largest absolute Gasteiger partial charge is 0.383 e. The Bertz CT molecular complexity index is 393. The Hall–Kier alpha value is -1.20. The minimum atomic E-state index is 0.385. The molecule has 0 spiro atoms. The molecule has 0 aliphatic heterocycles. The van der Waals surface area contributed by atoms with Gasteiger partial charge in [0.25, 0.3) is 0 Å². The lowest BCUT2D eigenvalue weighted by Gasteiger charge is -2.27. The van der Waals surface area contributed by atoms with E-state index in [0.717, 1.165) is 24.6 Å². The van der Waals surface area contributed by atoms with E-state index in [-0.39, 0.29) is 0 Å². The van der Waals surface area contributed by atoms with Crippen molar-refractivity contribution < 1.29 is 4.74 Å². The number of hydrogen-bond donors (Lipinski definition) is 1. The first-order valence-corrected chi connectivity index (χ1v) is 7.00. The molecule has 1 aromatic heterocycles. The summed E-state index contributed by atoms with van der Waals surface area (Å²) in [5, 5.41) is 3.47. The highest BCUT2D eigenvalue weighted by Crippen LogP contribution is 2.19. The SMILES string of the molecule is COCCN(c1cncc(CNC2CC2)n1)C(C)C. The summed E-state index contributed by atoms with van der Waals surface area (Å²) < 4.78 is 5.16. The minimum Gasteiger partial charge on any atom is -0.383 e. The van der Waals surface area contributed by atoms with Crippen LogP contribution in [0.4, 0.5) is 5.82 Å². The molecule has 5 nitrogen and oxygen atoms in total. The smallest absolute Gasteiger partial charge is 0.147 e. The summed E-state index contributed by atoms with van der Waals surface area (Å²) in [6, 6.07) is 1.08. The molecule has 19 heavy (non-hydrogen) atoms. The second kappa shape index (κ2) is 6.82. The van der Waals surface area contributed by atoms with Crippen LogP contribution in [0.25, 0.3) is 0 Å². The van der Waals surface area contributed by atoms with Crippen LogP contribution in [0.2, 0.25) is 0 Å². The van der Waals surface area contributed by atoms with Gasteiger partial charge in [-0.25, -0.2) is 4.98 Å². The van der Waals surface area contributed by atoms with E-state index in [1.165, 1.54) is 12.8 Å². The number of ether oxygens (including phenoxy) is 1. The molecule has 5 heteroatoms. The molecule has 1 aromatic rings. The van der Waals surface area contributed by atoms with Crippen molar-refractivity contribution in [2.75, 3.05) is 25.2 Å². The quantitative estimate of drug-likeness (QED) is 0.772. The van der Waals surface area contributed by atoms with Gasteiger partial charge in [0.05, 0.1) is 18.5 Å². The number of aromatic nitrogens is 2. The Balaban J connectivity index is 2.00. The fourth-order valence-electron chi connectivity index (χ4n) is 1.98. The zero-order chi connectivity index (χ0) is 13.7. The molecular formula is C14H24N4O. The zero-order valence-corrected chi connectivity index (χ0v) is 12.1. The maximum Gasteiger partial charge on any atom is 0.147 e. The molecule has 0 saturated heterocycles. The number of hydrogen-bond acceptors (Lipinski definition) is 5. The van der Waals surface area contributed by atoms with Crippen LogP contribution in [-0.4, -0.2) is 42.3 Å². The van der Waals surface area contributed by atoms with Crippen molar-refractivity contribution in [3.05, 3.63) is 18.1 Å². The summed E-state index contributed by atoms with van der Waals surface area (Å²) in [5.74, 6) is 0.933. The summed E-state index contributed by atoms with van der Waals surface area (Å²) in [4.78, 5) is 11.2. The first-order valence-electron chi connectivity index (χ1n) is 7.00. The van der Waals surface area contributed by atoms with Crippen molar-refractivity contribution in [1.82, 2.24) is 15.3 Å². The number of nitrogens with zero attached hydrogens (tertiary/aromatic N) is 3. The lowest BCUT2D eigenvalue weighted by atomic mass is 10.3. The standard InChI is InChI=1S/C14H24N4O/c1-11(2)18(6-7-19-3)14-10-15-8-13(17-14)9-16-12-4-5-12/h8,10-12,16H,4-7,9H2,1-3H3. The van der Waals surface area contributed by atoms with Crippen LogP contribution >= 0.6 is 0 Å². The maximum atomic E-state index is 5.16. The Kier molecular flexibility index (Phi) is 5.10. The first kappa shape index (κ1) is 14.2. The average molecular weight is 264 g/mol. The second-order valence-electron chi connectivity index (χ2n) is 5.30. The Morgan fingerprint density at radius 3 is 2.84 bits per heavy atom. The van der Waals surface area contributed by atoms with Crippen molar-refractivity contribution in [1.29, 1.82) is 0 Å². The van der Waals surface area contributed by atoms with Gasteiger partial charge in [-0.05, 0) is 26.7 Å². The van der Waals surface area contributed by atoms with Gasteiger partial charge in [0, 0.05) is 38.5 Å². The monoisotopic (exact) mass is 264 g/mol. The number of rotatable bonds is 8. The average Bonchev–Trinajstić information content (AvgIpc) is 3.21. The maximum absolute atomic E-state index is 5.16. The molecule has 0 atom stereocenters. The Morgan fingerprint density at radius 1 is 1.42 bits per heavy atom. The molecule has 0 radical (unpaired) electrons. The van der Waals surface area contributed by atoms with E-state index in [0.29, 0.717) is 18.7 Å². The summed E-state index contributed by atoms with van der Waals surface area (Å²) in [6.45, 7) is 6.66. The van der Waals surface area contributed by atoms with Crippen molar-refractivity contribution in [2.45, 2.75) is 45.3 Å². The molecule has 106 valence electrons. The number of methoxy groups -OCH3 is 1. The molecule has 1 heterocycles. The third-order valence-corrected chi connectivity index (χ3v) is 3.27. The van der Waals surface area contributed by atoms with Gasteiger partial charge in [-0.2, -0.15) is 0 Å². The lowest BCUT2D eigenvalue weighted by Crippen LogP contribution is -2.34. The van der Waals surface area contributed by atoms with E-state index in [1.54, 1.807) is 7.11 Å². The van der Waals surface area contributed by atoms with Crippen LogP contribution in [0.3, 0.4) is 0 Å². The third-order valence-electron chi connectivity index (χ3n) is 3.27. The number of anilines is 1. The molecule has 0 amide bonds. The van der Waals surface area contributed by atoms with E-state index in [1.807, 2.05) is 12.4 Å². The molecule has 0 unspecified atom stereocenters. The fraction of sp³-hybridized carbons (Fsp3) is 0.714. The molecule has 1 saturated carbocycles. The van der Waals surface area contributed by atoms with Crippen molar-refractivity contribution in [2.24, 2.45) is 0 Å². The number of nitrogens with one attached hydrogen (secondary N) is 1. The van der Waals surface area contributed by atoms with Gasteiger partial charge in [-0.3, -0.25) is 4.98 Å². The van der Waals surface area contributed by atoms with Gasteiger partial charge in [0.15, 0.2) is 0 Å². The first-order chi connectivity index (χ1) is 9.20. The third kappa shape index (κ3) is 4.44. The molecule has 1 N–H and O–H groups in total. The van der Waals surface area contributed by atoms with Crippen LogP contribution in [0.5, 0.6) is 0 Å². The van der Waals surface area contributed by atoms with Crippen LogP contribution in [0.1, 0.15) is 32.4 Å². The van der Waals surface area contributed by atoms with Gasteiger partial charge in [-0.1, -0.05) is 0 Å². The van der Waals surface area contributed by atoms with Crippen molar-refractivity contribution in [3.63, 3.8) is 0 Å². The normalized spacial score (nSPS) is 14.9. The van der Waals surface area contributed by atoms with Gasteiger partial charge in [-0.15, -0.1) is 0 Å². The van der Waals surface area contributed by atoms with E-state index in [4.69, 9.17) is 9.72 Å². The van der Waals surface area contributed by atoms with E-state index in [9.17, 15) is 0 Å². The molecule has 0 aromatic carbocycles. The molecule has 1 aliphatic rings. The summed E-state index contributed by atoms with van der Waals surface area (Å²) in [6.07, 6.45) is 6.25. The zero-order valence-electron chi connectivity index (χ0n) is 12.1. The van der Waals surface area contributed by atoms with Crippen LogP contribution in [-0.2, 0) is 11.3 Å². The van der Waals surface area contributed by atoms with Crippen molar-refractivity contribution >= 4 is 5.82 Å². The van der Waals surface area contributed by atoms with Gasteiger partial charge >= 0.3 is 0 Å². The molecule has 1 aliphatic carbocycles. The highest BCUT2D eigenvalue weighted by atomic mass is 16.5. The Labute approximate surface area is 115 Å². The summed E-state index contributed by atoms with van der Waals surface area (Å²) >= 11 is 0. The predicted octanol–water partition coefficient (Wildman–Crippen LogP) is 1.59. The van der Waals surface area contributed by atoms with Crippen LogP contribution in [0, 0.1) is 0 Å². The molecule has 1 fully saturated rings. The van der Waals surface area contributed by atoms with Crippen LogP contribution < -0.4 is 10.2 Å². The second-order valence-corrected chi connectivity index (χ2v) is 5.30. The highest BCUT2D eigenvalue weighted by molar-refractivity contribution is 5.37. The molecular weight excluding hydrogens is 240 g/mol. The summed E-state index contributed by atoms with van der Waals surface area (Å²) in [7, 11) is 1.72. The lowest BCUT2D eigenvalue weighted by molar-refractivity contribution is 0.203. The summed E-state index contributed by atoms with van der Waals surface area (Å²) in [5.41, 5.74) is 1.01. The van der Waals surface area contributed by atoms with Crippen LogP contribution in [0.15, 0.2) is 12.4 Å². The van der Waals surface area contributed by atoms with E-state index >= 15 is 0 Å². The Morgan fingerprint density at radius 2 is 2.21 bits per heavy atom. The predicted molar refractivity (Wildman–Crippen MR) is 76.3 cm³/mol. The minimum absolute atomic E-state index is 0.385.